The summed E-state index contributed by atoms with van der Waals surface area (Å²) in [5.74, 6) is 0.806. The van der Waals surface area contributed by atoms with E-state index in [2.05, 4.69) is 4.98 Å². The minimum atomic E-state index is -0.522. The second-order valence-corrected chi connectivity index (χ2v) is 5.00. The van der Waals surface area contributed by atoms with E-state index in [9.17, 15) is 4.79 Å². The van der Waals surface area contributed by atoms with Crippen molar-refractivity contribution in [3.63, 3.8) is 0 Å². The third kappa shape index (κ3) is 2.46. The number of rotatable bonds is 1. The third-order valence-electron chi connectivity index (χ3n) is 2.29. The maximum Gasteiger partial charge on any atom is 0.316 e. The first-order chi connectivity index (χ1) is 7.86. The summed E-state index contributed by atoms with van der Waals surface area (Å²) in [7, 11) is 0. The molecule has 0 aliphatic heterocycles. The predicted molar refractivity (Wildman–Crippen MR) is 63.8 cm³/mol. The molecule has 0 bridgehead atoms. The SMILES string of the molecule is Cc1nc2ccc(OC(=O)C(C)(C)C)cc2o1. The van der Waals surface area contributed by atoms with Crippen LogP contribution in [0, 0.1) is 12.3 Å². The summed E-state index contributed by atoms with van der Waals surface area (Å²) in [6, 6.07) is 5.17. The lowest BCUT2D eigenvalue weighted by molar-refractivity contribution is -0.142. The molecule has 0 atom stereocenters. The molecule has 0 aliphatic rings. The van der Waals surface area contributed by atoms with Gasteiger partial charge in [0.2, 0.25) is 0 Å². The fraction of sp³-hybridized carbons (Fsp3) is 0.385. The lowest BCUT2D eigenvalue weighted by Gasteiger charge is -2.15. The van der Waals surface area contributed by atoms with Gasteiger partial charge in [-0.3, -0.25) is 4.79 Å². The van der Waals surface area contributed by atoms with Crippen LogP contribution in [0.3, 0.4) is 0 Å². The summed E-state index contributed by atoms with van der Waals surface area (Å²) in [6.45, 7) is 7.21. The summed E-state index contributed by atoms with van der Waals surface area (Å²) >= 11 is 0. The van der Waals surface area contributed by atoms with Crippen LogP contribution in [0.4, 0.5) is 0 Å². The topological polar surface area (TPSA) is 52.3 Å². The van der Waals surface area contributed by atoms with Crippen LogP contribution in [0.2, 0.25) is 0 Å². The van der Waals surface area contributed by atoms with E-state index in [0.717, 1.165) is 5.52 Å². The highest BCUT2D eigenvalue weighted by molar-refractivity contribution is 5.80. The van der Waals surface area contributed by atoms with Gasteiger partial charge in [0.05, 0.1) is 5.41 Å². The van der Waals surface area contributed by atoms with Gasteiger partial charge in [0.15, 0.2) is 11.5 Å². The number of ether oxygens (including phenoxy) is 1. The number of fused-ring (bicyclic) bond motifs is 1. The summed E-state index contributed by atoms with van der Waals surface area (Å²) in [5, 5.41) is 0. The number of aryl methyl sites for hydroxylation is 1. The number of nitrogens with zero attached hydrogens (tertiary/aromatic N) is 1. The molecule has 17 heavy (non-hydrogen) atoms. The molecule has 0 fully saturated rings. The number of oxazole rings is 1. The molecule has 0 saturated heterocycles. The molecule has 1 aromatic carbocycles. The zero-order valence-electron chi connectivity index (χ0n) is 10.4. The van der Waals surface area contributed by atoms with E-state index in [4.69, 9.17) is 9.15 Å². The Labute approximate surface area is 99.6 Å². The first kappa shape index (κ1) is 11.6. The minimum Gasteiger partial charge on any atom is -0.441 e. The van der Waals surface area contributed by atoms with Crippen LogP contribution in [-0.2, 0) is 4.79 Å². The van der Waals surface area contributed by atoms with Gasteiger partial charge >= 0.3 is 5.97 Å². The van der Waals surface area contributed by atoms with E-state index in [-0.39, 0.29) is 5.97 Å². The van der Waals surface area contributed by atoms with Crippen molar-refractivity contribution in [3.05, 3.63) is 24.1 Å². The van der Waals surface area contributed by atoms with Crippen molar-refractivity contribution in [2.75, 3.05) is 0 Å². The maximum absolute atomic E-state index is 11.7. The fourth-order valence-electron chi connectivity index (χ4n) is 1.34. The summed E-state index contributed by atoms with van der Waals surface area (Å²) in [5.41, 5.74) is 0.867. The largest absolute Gasteiger partial charge is 0.441 e. The molecule has 0 aliphatic carbocycles. The molecule has 0 spiro atoms. The highest BCUT2D eigenvalue weighted by Gasteiger charge is 2.23. The summed E-state index contributed by atoms with van der Waals surface area (Å²) in [6.07, 6.45) is 0. The highest BCUT2D eigenvalue weighted by Crippen LogP contribution is 2.24. The standard InChI is InChI=1S/C13H15NO3/c1-8-14-10-6-5-9(7-11(10)16-8)17-12(15)13(2,3)4/h5-7H,1-4H3. The van der Waals surface area contributed by atoms with Crippen molar-refractivity contribution in [1.29, 1.82) is 0 Å². The average Bonchev–Trinajstić information content (AvgIpc) is 2.55. The zero-order valence-corrected chi connectivity index (χ0v) is 10.4. The molecule has 90 valence electrons. The monoisotopic (exact) mass is 233 g/mol. The number of hydrogen-bond donors (Lipinski definition) is 0. The van der Waals surface area contributed by atoms with Gasteiger partial charge in [0, 0.05) is 13.0 Å². The van der Waals surface area contributed by atoms with E-state index in [0.29, 0.717) is 17.2 Å². The van der Waals surface area contributed by atoms with Crippen molar-refractivity contribution in [1.82, 2.24) is 4.98 Å². The quantitative estimate of drug-likeness (QED) is 0.561. The Balaban J connectivity index is 2.28. The second-order valence-electron chi connectivity index (χ2n) is 5.00. The summed E-state index contributed by atoms with van der Waals surface area (Å²) < 4.78 is 10.6. The van der Waals surface area contributed by atoms with Gasteiger partial charge in [-0.05, 0) is 32.9 Å². The normalized spacial score (nSPS) is 11.8. The van der Waals surface area contributed by atoms with Crippen molar-refractivity contribution in [2.45, 2.75) is 27.7 Å². The zero-order chi connectivity index (χ0) is 12.6. The van der Waals surface area contributed by atoms with Crippen LogP contribution in [0.15, 0.2) is 22.6 Å². The summed E-state index contributed by atoms with van der Waals surface area (Å²) in [4.78, 5) is 15.9. The Morgan fingerprint density at radius 1 is 1.35 bits per heavy atom. The maximum atomic E-state index is 11.7. The van der Waals surface area contributed by atoms with Gasteiger partial charge in [-0.25, -0.2) is 4.98 Å². The molecule has 0 N–H and O–H groups in total. The first-order valence-corrected chi connectivity index (χ1v) is 5.46. The molecular formula is C13H15NO3. The fourth-order valence-corrected chi connectivity index (χ4v) is 1.34. The molecule has 2 rings (SSSR count). The Morgan fingerprint density at radius 2 is 2.06 bits per heavy atom. The van der Waals surface area contributed by atoms with Crippen LogP contribution in [0.1, 0.15) is 26.7 Å². The van der Waals surface area contributed by atoms with E-state index < -0.39 is 5.41 Å². The van der Waals surface area contributed by atoms with Crippen LogP contribution in [-0.4, -0.2) is 11.0 Å². The second kappa shape index (κ2) is 3.87. The van der Waals surface area contributed by atoms with E-state index in [1.807, 2.05) is 20.8 Å². The molecule has 1 aromatic heterocycles. The highest BCUT2D eigenvalue weighted by atomic mass is 16.5. The van der Waals surface area contributed by atoms with Gasteiger partial charge in [0.1, 0.15) is 11.3 Å². The number of aromatic nitrogens is 1. The Bertz CT molecular complexity index is 564. The van der Waals surface area contributed by atoms with Gasteiger partial charge in [-0.2, -0.15) is 0 Å². The number of esters is 1. The minimum absolute atomic E-state index is 0.270. The molecular weight excluding hydrogens is 218 g/mol. The first-order valence-electron chi connectivity index (χ1n) is 5.46. The lowest BCUT2D eigenvalue weighted by atomic mass is 9.97. The third-order valence-corrected chi connectivity index (χ3v) is 2.29. The molecule has 4 nitrogen and oxygen atoms in total. The van der Waals surface area contributed by atoms with E-state index in [1.54, 1.807) is 25.1 Å². The van der Waals surface area contributed by atoms with Gasteiger partial charge < -0.3 is 9.15 Å². The van der Waals surface area contributed by atoms with Crippen LogP contribution in [0.25, 0.3) is 11.1 Å². The average molecular weight is 233 g/mol. The van der Waals surface area contributed by atoms with Gasteiger partial charge in [0.25, 0.3) is 0 Å². The van der Waals surface area contributed by atoms with E-state index in [1.165, 1.54) is 0 Å². The molecule has 0 amide bonds. The Hall–Kier alpha value is -1.84. The molecule has 4 heteroatoms. The van der Waals surface area contributed by atoms with Crippen molar-refractivity contribution in [2.24, 2.45) is 5.41 Å². The number of benzene rings is 1. The number of carbonyl (C=O) groups excluding carboxylic acids is 1. The van der Waals surface area contributed by atoms with E-state index >= 15 is 0 Å². The Morgan fingerprint density at radius 3 is 2.71 bits per heavy atom. The molecule has 0 unspecified atom stereocenters. The van der Waals surface area contributed by atoms with Gasteiger partial charge in [-0.1, -0.05) is 0 Å². The molecule has 2 aromatic rings. The molecule has 1 heterocycles. The number of hydrogen-bond acceptors (Lipinski definition) is 4. The van der Waals surface area contributed by atoms with Crippen molar-refractivity contribution in [3.8, 4) is 5.75 Å². The van der Waals surface area contributed by atoms with Gasteiger partial charge in [-0.15, -0.1) is 0 Å². The molecule has 0 saturated carbocycles. The lowest BCUT2D eigenvalue weighted by Crippen LogP contribution is -2.25. The predicted octanol–water partition coefficient (Wildman–Crippen LogP) is 3.09. The van der Waals surface area contributed by atoms with Crippen molar-refractivity contribution < 1.29 is 13.9 Å². The molecule has 0 radical (unpaired) electrons. The smallest absolute Gasteiger partial charge is 0.316 e. The Kier molecular flexibility index (Phi) is 2.65. The number of carbonyl (C=O) groups is 1. The van der Waals surface area contributed by atoms with Crippen molar-refractivity contribution >= 4 is 17.1 Å². The van der Waals surface area contributed by atoms with Crippen LogP contribution >= 0.6 is 0 Å². The van der Waals surface area contributed by atoms with Crippen LogP contribution in [0.5, 0.6) is 5.75 Å². The van der Waals surface area contributed by atoms with Crippen LogP contribution < -0.4 is 4.74 Å².